The van der Waals surface area contributed by atoms with Crippen molar-refractivity contribution in [1.82, 2.24) is 5.32 Å². The number of hydrogen-bond acceptors (Lipinski definition) is 3. The van der Waals surface area contributed by atoms with E-state index in [1.165, 1.54) is 25.7 Å². The van der Waals surface area contributed by atoms with Crippen molar-refractivity contribution >= 4 is 0 Å². The van der Waals surface area contributed by atoms with Gasteiger partial charge in [-0.25, -0.2) is 0 Å². The van der Waals surface area contributed by atoms with E-state index in [0.29, 0.717) is 19.3 Å². The van der Waals surface area contributed by atoms with Crippen LogP contribution >= 0.6 is 0 Å². The average Bonchev–Trinajstić information content (AvgIpc) is 2.46. The molecule has 112 valence electrons. The summed E-state index contributed by atoms with van der Waals surface area (Å²) in [5.74, 6) is 2.55. The molecule has 1 aliphatic rings. The zero-order valence-corrected chi connectivity index (χ0v) is 12.7. The maximum absolute atomic E-state index is 5.78. The number of ether oxygens (including phenoxy) is 2. The Hall–Kier alpha value is -1.22. The molecule has 0 heterocycles. The first kappa shape index (κ1) is 15.2. The molecule has 0 aromatic heterocycles. The molecule has 0 spiro atoms. The molecule has 20 heavy (non-hydrogen) atoms. The molecule has 0 amide bonds. The van der Waals surface area contributed by atoms with Crippen molar-refractivity contribution in [2.45, 2.75) is 45.6 Å². The Morgan fingerprint density at radius 1 is 1.15 bits per heavy atom. The van der Waals surface area contributed by atoms with Gasteiger partial charge in [-0.2, -0.15) is 0 Å². The van der Waals surface area contributed by atoms with Gasteiger partial charge in [0.2, 0.25) is 0 Å². The summed E-state index contributed by atoms with van der Waals surface area (Å²) < 4.78 is 11.2. The van der Waals surface area contributed by atoms with E-state index in [1.54, 1.807) is 0 Å². The normalized spacial score (nSPS) is 22.5. The van der Waals surface area contributed by atoms with Crippen LogP contribution in [0.2, 0.25) is 0 Å². The van der Waals surface area contributed by atoms with Crippen LogP contribution in [0.3, 0.4) is 0 Å². The zero-order valence-electron chi connectivity index (χ0n) is 12.7. The molecule has 0 aliphatic heterocycles. The van der Waals surface area contributed by atoms with Gasteiger partial charge in [0.15, 0.2) is 0 Å². The standard InChI is InChI=1S/C17H27NO2/c1-3-19-15-8-6-9-16(13-15)20-12-11-18-17-10-5-4-7-14(17)2/h6,8-9,13-14,17-18H,3-5,7,10-12H2,1-2H3. The number of nitrogens with one attached hydrogen (secondary N) is 1. The lowest BCUT2D eigenvalue weighted by Gasteiger charge is -2.29. The van der Waals surface area contributed by atoms with Crippen LogP contribution in [-0.4, -0.2) is 25.8 Å². The Morgan fingerprint density at radius 2 is 1.90 bits per heavy atom. The van der Waals surface area contributed by atoms with Crippen molar-refractivity contribution in [1.29, 1.82) is 0 Å². The van der Waals surface area contributed by atoms with Crippen LogP contribution in [0.25, 0.3) is 0 Å². The van der Waals surface area contributed by atoms with Crippen LogP contribution in [0.1, 0.15) is 39.5 Å². The number of hydrogen-bond donors (Lipinski definition) is 1. The summed E-state index contributed by atoms with van der Waals surface area (Å²) in [5.41, 5.74) is 0. The molecule has 3 heteroatoms. The number of rotatable bonds is 7. The van der Waals surface area contributed by atoms with E-state index in [9.17, 15) is 0 Å². The van der Waals surface area contributed by atoms with Crippen molar-refractivity contribution in [3.05, 3.63) is 24.3 Å². The Labute approximate surface area is 122 Å². The fourth-order valence-electron chi connectivity index (χ4n) is 2.85. The topological polar surface area (TPSA) is 30.5 Å². The van der Waals surface area contributed by atoms with Gasteiger partial charge in [0.05, 0.1) is 6.61 Å². The molecular formula is C17H27NO2. The monoisotopic (exact) mass is 277 g/mol. The van der Waals surface area contributed by atoms with E-state index >= 15 is 0 Å². The lowest BCUT2D eigenvalue weighted by molar-refractivity contribution is 0.250. The molecule has 3 nitrogen and oxygen atoms in total. The third-order valence-corrected chi connectivity index (χ3v) is 4.01. The molecule has 1 saturated carbocycles. The highest BCUT2D eigenvalue weighted by Gasteiger charge is 2.20. The summed E-state index contributed by atoms with van der Waals surface area (Å²) in [4.78, 5) is 0. The highest BCUT2D eigenvalue weighted by molar-refractivity contribution is 5.32. The van der Waals surface area contributed by atoms with Gasteiger partial charge in [0.25, 0.3) is 0 Å². The van der Waals surface area contributed by atoms with E-state index in [-0.39, 0.29) is 0 Å². The summed E-state index contributed by atoms with van der Waals surface area (Å²) >= 11 is 0. The van der Waals surface area contributed by atoms with Crippen molar-refractivity contribution in [2.75, 3.05) is 19.8 Å². The minimum atomic E-state index is 0.669. The Bertz CT molecular complexity index is 394. The largest absolute Gasteiger partial charge is 0.494 e. The smallest absolute Gasteiger partial charge is 0.123 e. The first-order chi connectivity index (χ1) is 9.79. The molecule has 1 N–H and O–H groups in total. The minimum Gasteiger partial charge on any atom is -0.494 e. The van der Waals surface area contributed by atoms with Crippen LogP contribution in [0, 0.1) is 5.92 Å². The minimum absolute atomic E-state index is 0.669. The summed E-state index contributed by atoms with van der Waals surface area (Å²) in [5, 5.41) is 3.63. The molecule has 0 saturated heterocycles. The van der Waals surface area contributed by atoms with E-state index in [1.807, 2.05) is 31.2 Å². The van der Waals surface area contributed by atoms with Crippen LogP contribution in [-0.2, 0) is 0 Å². The molecule has 1 fully saturated rings. The summed E-state index contributed by atoms with van der Waals surface area (Å²) in [6.45, 7) is 6.64. The molecule has 2 rings (SSSR count). The van der Waals surface area contributed by atoms with E-state index in [4.69, 9.17) is 9.47 Å². The molecule has 2 unspecified atom stereocenters. The van der Waals surface area contributed by atoms with Crippen LogP contribution in [0.15, 0.2) is 24.3 Å². The first-order valence-corrected chi connectivity index (χ1v) is 7.88. The number of benzene rings is 1. The molecule has 0 bridgehead atoms. The van der Waals surface area contributed by atoms with Crippen molar-refractivity contribution < 1.29 is 9.47 Å². The second-order valence-corrected chi connectivity index (χ2v) is 5.58. The third-order valence-electron chi connectivity index (χ3n) is 4.01. The van der Waals surface area contributed by atoms with Crippen molar-refractivity contribution in [3.63, 3.8) is 0 Å². The lowest BCUT2D eigenvalue weighted by atomic mass is 9.86. The summed E-state index contributed by atoms with van der Waals surface area (Å²) in [7, 11) is 0. The fraction of sp³-hybridized carbons (Fsp3) is 0.647. The van der Waals surface area contributed by atoms with E-state index in [2.05, 4.69) is 12.2 Å². The van der Waals surface area contributed by atoms with Crippen LogP contribution in [0.4, 0.5) is 0 Å². The van der Waals surface area contributed by atoms with Crippen molar-refractivity contribution in [2.24, 2.45) is 5.92 Å². The van der Waals surface area contributed by atoms with Gasteiger partial charge in [-0.3, -0.25) is 0 Å². The van der Waals surface area contributed by atoms with Gasteiger partial charge >= 0.3 is 0 Å². The summed E-state index contributed by atoms with van der Waals surface area (Å²) in [6.07, 6.45) is 5.41. The van der Waals surface area contributed by atoms with Crippen LogP contribution < -0.4 is 14.8 Å². The molecular weight excluding hydrogens is 250 g/mol. The average molecular weight is 277 g/mol. The zero-order chi connectivity index (χ0) is 14.2. The SMILES string of the molecule is CCOc1cccc(OCCNC2CCCCC2C)c1. The van der Waals surface area contributed by atoms with Crippen molar-refractivity contribution in [3.8, 4) is 11.5 Å². The second kappa shape index (κ2) is 8.15. The fourth-order valence-corrected chi connectivity index (χ4v) is 2.85. The Morgan fingerprint density at radius 3 is 2.65 bits per heavy atom. The second-order valence-electron chi connectivity index (χ2n) is 5.58. The van der Waals surface area contributed by atoms with Gasteiger partial charge < -0.3 is 14.8 Å². The predicted molar refractivity (Wildman–Crippen MR) is 82.5 cm³/mol. The van der Waals surface area contributed by atoms with E-state index in [0.717, 1.165) is 24.0 Å². The van der Waals surface area contributed by atoms with Gasteiger partial charge in [0, 0.05) is 18.7 Å². The molecule has 1 aliphatic carbocycles. The maximum atomic E-state index is 5.78. The van der Waals surface area contributed by atoms with Gasteiger partial charge in [0.1, 0.15) is 18.1 Å². The Balaban J connectivity index is 1.68. The maximum Gasteiger partial charge on any atom is 0.123 e. The summed E-state index contributed by atoms with van der Waals surface area (Å²) in [6, 6.07) is 8.52. The lowest BCUT2D eigenvalue weighted by Crippen LogP contribution is -2.39. The van der Waals surface area contributed by atoms with Gasteiger partial charge in [-0.05, 0) is 37.8 Å². The highest BCUT2D eigenvalue weighted by atomic mass is 16.5. The van der Waals surface area contributed by atoms with Gasteiger partial charge in [-0.1, -0.05) is 25.8 Å². The third kappa shape index (κ3) is 4.71. The first-order valence-electron chi connectivity index (χ1n) is 7.88. The van der Waals surface area contributed by atoms with Gasteiger partial charge in [-0.15, -0.1) is 0 Å². The van der Waals surface area contributed by atoms with E-state index < -0.39 is 0 Å². The highest BCUT2D eigenvalue weighted by Crippen LogP contribution is 2.23. The molecule has 1 aromatic rings. The van der Waals surface area contributed by atoms with Crippen LogP contribution in [0.5, 0.6) is 11.5 Å². The molecule has 0 radical (unpaired) electrons. The molecule has 1 aromatic carbocycles. The Kier molecular flexibility index (Phi) is 6.19. The predicted octanol–water partition coefficient (Wildman–Crippen LogP) is 3.63. The molecule has 2 atom stereocenters. The quantitative estimate of drug-likeness (QED) is 0.772.